The number of pyridine rings is 6. The third-order valence-electron chi connectivity index (χ3n) is 11.1. The van der Waals surface area contributed by atoms with Crippen molar-refractivity contribution in [2.75, 3.05) is 0 Å². The summed E-state index contributed by atoms with van der Waals surface area (Å²) in [5, 5.41) is 2.48. The van der Waals surface area contributed by atoms with E-state index in [1.54, 1.807) is 24.8 Å². The predicted octanol–water partition coefficient (Wildman–Crippen LogP) is 12.8. The Morgan fingerprint density at radius 2 is 0.623 bits per heavy atom. The van der Waals surface area contributed by atoms with E-state index in [0.717, 1.165) is 84.1 Å². The largest absolute Gasteiger partial charge is 0.309 e. The maximum Gasteiger partial charge on any atom is 0.0731 e. The van der Waals surface area contributed by atoms with Gasteiger partial charge >= 0.3 is 0 Å². The van der Waals surface area contributed by atoms with Crippen molar-refractivity contribution in [3.8, 4) is 84.1 Å². The summed E-state index contributed by atoms with van der Waals surface area (Å²) in [7, 11) is 0. The Labute approximate surface area is 352 Å². The lowest BCUT2D eigenvalue weighted by Crippen LogP contribution is -1.95. The van der Waals surface area contributed by atoms with Gasteiger partial charge in [-0.1, -0.05) is 48.5 Å². The summed E-state index contributed by atoms with van der Waals surface area (Å²) >= 11 is 0. The smallest absolute Gasteiger partial charge is 0.0731 e. The zero-order chi connectivity index (χ0) is 40.5. The predicted molar refractivity (Wildman–Crippen MR) is 246 cm³/mol. The van der Waals surface area contributed by atoms with E-state index in [1.165, 1.54) is 21.8 Å². The SMILES string of the molecule is c1cncc(-c2cc(-c3cc(-c4ccc(-n5c6ccccc6c6ccccc65)cc4)cc(-c4cc(-c5cccnc5)nc(-c5cccnc5)c4)c3)cc(-c3cccnc3)n2)c1. The van der Waals surface area contributed by atoms with Gasteiger partial charge in [0.15, 0.2) is 0 Å². The van der Waals surface area contributed by atoms with Crippen LogP contribution in [0, 0.1) is 0 Å². The van der Waals surface area contributed by atoms with Gasteiger partial charge in [-0.15, -0.1) is 0 Å². The molecule has 7 heteroatoms. The number of fused-ring (bicyclic) bond motifs is 3. The van der Waals surface area contributed by atoms with Crippen LogP contribution in [-0.2, 0) is 0 Å². The van der Waals surface area contributed by atoms with Crippen LogP contribution in [0.1, 0.15) is 0 Å². The summed E-state index contributed by atoms with van der Waals surface area (Å²) in [6.45, 7) is 0. The summed E-state index contributed by atoms with van der Waals surface area (Å²) in [5.74, 6) is 0. The molecule has 11 rings (SSSR count). The molecule has 7 heterocycles. The first-order valence-electron chi connectivity index (χ1n) is 20.1. The molecule has 0 saturated carbocycles. The summed E-state index contributed by atoms with van der Waals surface area (Å²) in [4.78, 5) is 28.0. The lowest BCUT2D eigenvalue weighted by molar-refractivity contribution is 1.18. The summed E-state index contributed by atoms with van der Waals surface area (Å²) < 4.78 is 2.35. The van der Waals surface area contributed by atoms with Crippen molar-refractivity contribution in [1.29, 1.82) is 0 Å². The van der Waals surface area contributed by atoms with Gasteiger partial charge in [-0.25, -0.2) is 9.97 Å². The van der Waals surface area contributed by atoms with Gasteiger partial charge in [-0.2, -0.15) is 0 Å². The zero-order valence-corrected chi connectivity index (χ0v) is 32.8. The third-order valence-corrected chi connectivity index (χ3v) is 11.1. The second-order valence-corrected chi connectivity index (χ2v) is 14.9. The quantitative estimate of drug-likeness (QED) is 0.153. The fourth-order valence-corrected chi connectivity index (χ4v) is 8.17. The van der Waals surface area contributed by atoms with Gasteiger partial charge in [0.1, 0.15) is 0 Å². The molecule has 7 aromatic heterocycles. The maximum atomic E-state index is 5.13. The molecule has 286 valence electrons. The molecule has 0 radical (unpaired) electrons. The number of hydrogen-bond acceptors (Lipinski definition) is 6. The molecule has 4 aromatic carbocycles. The molecular weight excluding hydrogens is 747 g/mol. The number of rotatable bonds is 8. The van der Waals surface area contributed by atoms with E-state index in [2.05, 4.69) is 140 Å². The summed E-state index contributed by atoms with van der Waals surface area (Å²) in [6.07, 6.45) is 14.6. The van der Waals surface area contributed by atoms with E-state index in [4.69, 9.17) is 9.97 Å². The number of para-hydroxylation sites is 2. The topological polar surface area (TPSA) is 82.3 Å². The first-order chi connectivity index (χ1) is 30.2. The van der Waals surface area contributed by atoms with E-state index in [9.17, 15) is 0 Å². The molecule has 7 nitrogen and oxygen atoms in total. The fraction of sp³-hybridized carbons (Fsp3) is 0. The van der Waals surface area contributed by atoms with Gasteiger partial charge in [0.2, 0.25) is 0 Å². The molecule has 0 amide bonds. The summed E-state index contributed by atoms with van der Waals surface area (Å²) in [6, 6.07) is 57.5. The van der Waals surface area contributed by atoms with Crippen molar-refractivity contribution < 1.29 is 0 Å². The average molecular weight is 782 g/mol. The second kappa shape index (κ2) is 15.4. The molecule has 0 N–H and O–H groups in total. The minimum atomic E-state index is 0.827. The van der Waals surface area contributed by atoms with Crippen LogP contribution in [0.3, 0.4) is 0 Å². The molecule has 0 aliphatic rings. The molecule has 0 aliphatic carbocycles. The highest BCUT2D eigenvalue weighted by molar-refractivity contribution is 6.09. The molecule has 0 aliphatic heterocycles. The van der Waals surface area contributed by atoms with E-state index < -0.39 is 0 Å². The first kappa shape index (κ1) is 35.7. The Hall–Kier alpha value is -8.42. The average Bonchev–Trinajstić information content (AvgIpc) is 3.69. The molecule has 0 unspecified atom stereocenters. The van der Waals surface area contributed by atoms with Crippen molar-refractivity contribution in [2.24, 2.45) is 0 Å². The number of hydrogen-bond donors (Lipinski definition) is 0. The van der Waals surface area contributed by atoms with Gasteiger partial charge in [-0.05, 0) is 149 Å². The van der Waals surface area contributed by atoms with Crippen LogP contribution >= 0.6 is 0 Å². The molecular formula is C54H35N7. The van der Waals surface area contributed by atoms with E-state index in [-0.39, 0.29) is 0 Å². The number of nitrogens with zero attached hydrogens (tertiary/aromatic N) is 7. The first-order valence-corrected chi connectivity index (χ1v) is 20.1. The highest BCUT2D eigenvalue weighted by atomic mass is 15.0. The van der Waals surface area contributed by atoms with Gasteiger partial charge in [0, 0.05) is 88.3 Å². The van der Waals surface area contributed by atoms with Gasteiger partial charge in [-0.3, -0.25) is 19.9 Å². The van der Waals surface area contributed by atoms with Crippen molar-refractivity contribution in [1.82, 2.24) is 34.5 Å². The molecule has 0 atom stereocenters. The van der Waals surface area contributed by atoms with E-state index >= 15 is 0 Å². The third kappa shape index (κ3) is 6.90. The van der Waals surface area contributed by atoms with Crippen molar-refractivity contribution in [3.63, 3.8) is 0 Å². The molecule has 11 aromatic rings. The van der Waals surface area contributed by atoms with E-state index in [0.29, 0.717) is 0 Å². The second-order valence-electron chi connectivity index (χ2n) is 14.9. The van der Waals surface area contributed by atoms with Gasteiger partial charge < -0.3 is 4.57 Å². The van der Waals surface area contributed by atoms with Crippen LogP contribution in [0.4, 0.5) is 0 Å². The molecule has 0 saturated heterocycles. The Morgan fingerprint density at radius 1 is 0.279 bits per heavy atom. The van der Waals surface area contributed by atoms with Crippen LogP contribution in [0.25, 0.3) is 106 Å². The molecule has 0 fully saturated rings. The van der Waals surface area contributed by atoms with Crippen molar-refractivity contribution >= 4 is 21.8 Å². The standard InChI is InChI=1S/C54H35N7/c1-3-15-53-47(13-1)48-14-2-4-16-54(48)61(53)46-19-17-36(18-20-46)41-25-42(44-28-49(37-9-5-21-55-32-37)59-50(29-44)38-10-6-22-56-33-38)27-43(26-41)45-30-51(39-11-7-23-57-34-39)60-52(31-45)40-12-8-24-58-35-40/h1-35H. The van der Waals surface area contributed by atoms with Crippen LogP contribution in [0.5, 0.6) is 0 Å². The Kier molecular flexibility index (Phi) is 9.02. The van der Waals surface area contributed by atoms with Crippen LogP contribution < -0.4 is 0 Å². The van der Waals surface area contributed by atoms with E-state index in [1.807, 2.05) is 73.3 Å². The maximum absolute atomic E-state index is 5.13. The molecule has 0 spiro atoms. The lowest BCUT2D eigenvalue weighted by Gasteiger charge is -2.15. The Balaban J connectivity index is 1.12. The van der Waals surface area contributed by atoms with Crippen molar-refractivity contribution in [3.05, 3.63) is 213 Å². The summed E-state index contributed by atoms with van der Waals surface area (Å²) in [5.41, 5.74) is 16.8. The minimum absolute atomic E-state index is 0.827. The van der Waals surface area contributed by atoms with Gasteiger partial charge in [0.25, 0.3) is 0 Å². The zero-order valence-electron chi connectivity index (χ0n) is 32.8. The van der Waals surface area contributed by atoms with Crippen LogP contribution in [0.15, 0.2) is 213 Å². The highest BCUT2D eigenvalue weighted by Crippen LogP contribution is 2.39. The Morgan fingerprint density at radius 3 is 0.984 bits per heavy atom. The normalized spacial score (nSPS) is 11.3. The minimum Gasteiger partial charge on any atom is -0.309 e. The highest BCUT2D eigenvalue weighted by Gasteiger charge is 2.16. The van der Waals surface area contributed by atoms with Gasteiger partial charge in [0.05, 0.1) is 33.8 Å². The fourth-order valence-electron chi connectivity index (χ4n) is 8.17. The monoisotopic (exact) mass is 781 g/mol. The Bertz CT molecular complexity index is 3020. The van der Waals surface area contributed by atoms with Crippen LogP contribution in [-0.4, -0.2) is 34.5 Å². The number of aromatic nitrogens is 7. The molecule has 61 heavy (non-hydrogen) atoms. The number of benzene rings is 4. The molecule has 0 bridgehead atoms. The van der Waals surface area contributed by atoms with Crippen LogP contribution in [0.2, 0.25) is 0 Å². The van der Waals surface area contributed by atoms with Crippen molar-refractivity contribution in [2.45, 2.75) is 0 Å². The lowest BCUT2D eigenvalue weighted by atomic mass is 9.91.